The van der Waals surface area contributed by atoms with Crippen LogP contribution in [-0.4, -0.2) is 20.2 Å². The summed E-state index contributed by atoms with van der Waals surface area (Å²) in [5, 5.41) is 13.3. The van der Waals surface area contributed by atoms with E-state index in [4.69, 9.17) is 4.52 Å². The van der Waals surface area contributed by atoms with Gasteiger partial charge in [0.1, 0.15) is 5.75 Å². The second kappa shape index (κ2) is 4.53. The molecule has 0 atom stereocenters. The van der Waals surface area contributed by atoms with Gasteiger partial charge < -0.3 is 9.63 Å². The first-order chi connectivity index (χ1) is 9.22. The summed E-state index contributed by atoms with van der Waals surface area (Å²) in [4.78, 5) is 8.48. The molecule has 3 rings (SSSR count). The molecule has 19 heavy (non-hydrogen) atoms. The summed E-state index contributed by atoms with van der Waals surface area (Å²) in [7, 11) is 0. The van der Waals surface area contributed by atoms with Gasteiger partial charge in [-0.1, -0.05) is 17.3 Å². The van der Waals surface area contributed by atoms with E-state index in [0.717, 1.165) is 11.3 Å². The molecule has 1 N–H and O–H groups in total. The van der Waals surface area contributed by atoms with Gasteiger partial charge in [0.15, 0.2) is 0 Å². The maximum Gasteiger partial charge on any atom is 0.259 e. The molecule has 0 saturated carbocycles. The van der Waals surface area contributed by atoms with Crippen molar-refractivity contribution in [3.05, 3.63) is 48.3 Å². The highest BCUT2D eigenvalue weighted by Gasteiger charge is 2.11. The van der Waals surface area contributed by atoms with Crippen LogP contribution in [-0.2, 0) is 0 Å². The molecule has 0 spiro atoms. The third kappa shape index (κ3) is 2.30. The molecule has 5 nitrogen and oxygen atoms in total. The maximum absolute atomic E-state index is 9.43. The van der Waals surface area contributed by atoms with Crippen LogP contribution in [0.4, 0.5) is 0 Å². The molecule has 0 aliphatic heterocycles. The minimum absolute atomic E-state index is 0.167. The number of phenolic OH excluding ortho intramolecular Hbond substituents is 1. The zero-order chi connectivity index (χ0) is 13.2. The van der Waals surface area contributed by atoms with Crippen LogP contribution in [0.1, 0.15) is 5.69 Å². The van der Waals surface area contributed by atoms with Gasteiger partial charge >= 0.3 is 0 Å². The molecule has 0 radical (unpaired) electrons. The van der Waals surface area contributed by atoms with Crippen LogP contribution in [0.15, 0.2) is 47.1 Å². The topological polar surface area (TPSA) is 72.0 Å². The van der Waals surface area contributed by atoms with Crippen LogP contribution in [0.2, 0.25) is 0 Å². The third-order valence-electron chi connectivity index (χ3n) is 2.69. The normalized spacial score (nSPS) is 10.6. The van der Waals surface area contributed by atoms with Gasteiger partial charge in [-0.15, -0.1) is 0 Å². The van der Waals surface area contributed by atoms with E-state index in [-0.39, 0.29) is 5.75 Å². The number of nitrogens with zero attached hydrogens (tertiary/aromatic N) is 3. The molecule has 0 amide bonds. The first-order valence-corrected chi connectivity index (χ1v) is 5.78. The quantitative estimate of drug-likeness (QED) is 0.760. The number of hydrogen-bond acceptors (Lipinski definition) is 5. The average Bonchev–Trinajstić information content (AvgIpc) is 2.89. The van der Waals surface area contributed by atoms with E-state index in [2.05, 4.69) is 15.1 Å². The summed E-state index contributed by atoms with van der Waals surface area (Å²) in [6.45, 7) is 1.91. The predicted octanol–water partition coefficient (Wildman–Crippen LogP) is 2.81. The first kappa shape index (κ1) is 11.4. The maximum atomic E-state index is 9.43. The number of benzene rings is 1. The van der Waals surface area contributed by atoms with E-state index >= 15 is 0 Å². The number of hydrogen-bond donors (Lipinski definition) is 1. The number of aryl methyl sites for hydroxylation is 1. The van der Waals surface area contributed by atoms with Crippen molar-refractivity contribution < 1.29 is 9.63 Å². The highest BCUT2D eigenvalue weighted by Crippen LogP contribution is 2.23. The molecule has 0 aliphatic carbocycles. The minimum atomic E-state index is 0.167. The van der Waals surface area contributed by atoms with Crippen molar-refractivity contribution in [2.24, 2.45) is 0 Å². The lowest BCUT2D eigenvalue weighted by Crippen LogP contribution is -1.83. The van der Waals surface area contributed by atoms with Crippen molar-refractivity contribution in [2.75, 3.05) is 0 Å². The molecule has 0 unspecified atom stereocenters. The van der Waals surface area contributed by atoms with Gasteiger partial charge in [0.05, 0.1) is 5.56 Å². The van der Waals surface area contributed by atoms with Crippen molar-refractivity contribution >= 4 is 0 Å². The molecule has 3 aromatic rings. The summed E-state index contributed by atoms with van der Waals surface area (Å²) in [5.74, 6) is 1.01. The van der Waals surface area contributed by atoms with Crippen LogP contribution in [0.25, 0.3) is 22.8 Å². The monoisotopic (exact) mass is 253 g/mol. The summed E-state index contributed by atoms with van der Waals surface area (Å²) < 4.78 is 5.20. The van der Waals surface area contributed by atoms with E-state index in [1.807, 2.05) is 25.1 Å². The summed E-state index contributed by atoms with van der Waals surface area (Å²) in [6.07, 6.45) is 1.69. The second-order valence-electron chi connectivity index (χ2n) is 4.16. The highest BCUT2D eigenvalue weighted by atomic mass is 16.5. The fourth-order valence-electron chi connectivity index (χ4n) is 1.70. The van der Waals surface area contributed by atoms with E-state index in [1.54, 1.807) is 24.4 Å². The Labute approximate surface area is 109 Å². The second-order valence-corrected chi connectivity index (χ2v) is 4.16. The zero-order valence-electron chi connectivity index (χ0n) is 10.2. The minimum Gasteiger partial charge on any atom is -0.508 e. The Balaban J connectivity index is 1.97. The number of phenols is 1. The zero-order valence-corrected chi connectivity index (χ0v) is 10.2. The van der Waals surface area contributed by atoms with Gasteiger partial charge in [0.2, 0.25) is 5.82 Å². The van der Waals surface area contributed by atoms with Gasteiger partial charge in [0, 0.05) is 17.5 Å². The van der Waals surface area contributed by atoms with Crippen molar-refractivity contribution in [3.63, 3.8) is 0 Å². The Morgan fingerprint density at radius 1 is 1.11 bits per heavy atom. The lowest BCUT2D eigenvalue weighted by Gasteiger charge is -1.95. The molecule has 5 heteroatoms. The SMILES string of the molecule is Cc1ccc(-c2nc(-c3cccc(O)c3)no2)cn1. The van der Waals surface area contributed by atoms with E-state index in [0.29, 0.717) is 17.3 Å². The first-order valence-electron chi connectivity index (χ1n) is 5.78. The molecular formula is C14H11N3O2. The smallest absolute Gasteiger partial charge is 0.259 e. The fraction of sp³-hybridized carbons (Fsp3) is 0.0714. The van der Waals surface area contributed by atoms with Gasteiger partial charge in [-0.3, -0.25) is 4.98 Å². The highest BCUT2D eigenvalue weighted by molar-refractivity contribution is 5.60. The Kier molecular flexibility index (Phi) is 2.72. The van der Waals surface area contributed by atoms with Crippen molar-refractivity contribution in [1.29, 1.82) is 0 Å². The van der Waals surface area contributed by atoms with Gasteiger partial charge in [0.25, 0.3) is 5.89 Å². The predicted molar refractivity (Wildman–Crippen MR) is 69.4 cm³/mol. The van der Waals surface area contributed by atoms with E-state index in [9.17, 15) is 5.11 Å². The Bertz CT molecular complexity index is 705. The molecule has 94 valence electrons. The third-order valence-corrected chi connectivity index (χ3v) is 2.69. The van der Waals surface area contributed by atoms with E-state index in [1.165, 1.54) is 0 Å². The van der Waals surface area contributed by atoms with Gasteiger partial charge in [-0.25, -0.2) is 0 Å². The largest absolute Gasteiger partial charge is 0.508 e. The van der Waals surface area contributed by atoms with Crippen LogP contribution in [0.3, 0.4) is 0 Å². The lowest BCUT2D eigenvalue weighted by molar-refractivity contribution is 0.432. The van der Waals surface area contributed by atoms with Crippen LogP contribution in [0, 0.1) is 6.92 Å². The van der Waals surface area contributed by atoms with Gasteiger partial charge in [-0.2, -0.15) is 4.98 Å². The summed E-state index contributed by atoms with van der Waals surface area (Å²) >= 11 is 0. The molecule has 0 aliphatic rings. The van der Waals surface area contributed by atoms with Crippen LogP contribution in [0.5, 0.6) is 5.75 Å². The van der Waals surface area contributed by atoms with Crippen LogP contribution >= 0.6 is 0 Å². The summed E-state index contributed by atoms with van der Waals surface area (Å²) in [6, 6.07) is 10.5. The number of aromatic hydroxyl groups is 1. The standard InChI is InChI=1S/C14H11N3O2/c1-9-5-6-11(8-15-9)14-16-13(17-19-14)10-3-2-4-12(18)7-10/h2-8,18H,1H3. The molecule has 2 aromatic heterocycles. The molecule has 1 aromatic carbocycles. The summed E-state index contributed by atoms with van der Waals surface area (Å²) in [5.41, 5.74) is 2.40. The fourth-order valence-corrected chi connectivity index (χ4v) is 1.70. The van der Waals surface area contributed by atoms with Gasteiger partial charge in [-0.05, 0) is 31.2 Å². The Morgan fingerprint density at radius 2 is 2.00 bits per heavy atom. The molecule has 0 bridgehead atoms. The molecule has 0 fully saturated rings. The van der Waals surface area contributed by atoms with E-state index < -0.39 is 0 Å². The number of rotatable bonds is 2. The molecule has 0 saturated heterocycles. The van der Waals surface area contributed by atoms with Crippen molar-refractivity contribution in [2.45, 2.75) is 6.92 Å². The van der Waals surface area contributed by atoms with Crippen molar-refractivity contribution in [3.8, 4) is 28.6 Å². The lowest BCUT2D eigenvalue weighted by atomic mass is 10.2. The number of pyridine rings is 1. The number of aromatic nitrogens is 3. The Morgan fingerprint density at radius 3 is 2.74 bits per heavy atom. The Hall–Kier alpha value is -2.69. The molecular weight excluding hydrogens is 242 g/mol. The average molecular weight is 253 g/mol. The van der Waals surface area contributed by atoms with Crippen LogP contribution < -0.4 is 0 Å². The van der Waals surface area contributed by atoms with Crippen molar-refractivity contribution in [1.82, 2.24) is 15.1 Å². The molecule has 2 heterocycles.